The molecule has 4 N–H and O–H groups in total. The molecule has 3 fully saturated rings. The Balaban J connectivity index is 1.79. The van der Waals surface area contributed by atoms with E-state index in [0.29, 0.717) is 19.3 Å². The number of aliphatic hydroxyl groups excluding tert-OH is 1. The van der Waals surface area contributed by atoms with Gasteiger partial charge in [-0.05, 0) is 84.0 Å². The number of amides is 4. The number of carbonyl (C=O) groups is 4. The van der Waals surface area contributed by atoms with Gasteiger partial charge in [-0.25, -0.2) is 13.2 Å². The van der Waals surface area contributed by atoms with Gasteiger partial charge in [0.2, 0.25) is 21.8 Å². The molecule has 4 amide bonds. The third-order valence-corrected chi connectivity index (χ3v) is 11.1. The first-order chi connectivity index (χ1) is 19.7. The SMILES string of the molecule is C=CCCC(C)C[C@@H](C)[C@H](NC(=O)OC(C)(C)C)C(=O)N1C[C@H](O)C[C@H]1C(=O)N[C@]1(C(=O)NS(=O)(=O)C2(C)CC2)C[C@H]1C. The molecular weight excluding hydrogens is 576 g/mol. The lowest BCUT2D eigenvalue weighted by Crippen LogP contribution is -2.59. The molecule has 1 saturated heterocycles. The van der Waals surface area contributed by atoms with Crippen molar-refractivity contribution in [2.45, 2.75) is 127 Å². The Morgan fingerprint density at radius 1 is 1.19 bits per heavy atom. The molecule has 2 aliphatic carbocycles. The molecule has 0 spiro atoms. The summed E-state index contributed by atoms with van der Waals surface area (Å²) in [6.45, 7) is 15.9. The van der Waals surface area contributed by atoms with E-state index < -0.39 is 67.9 Å². The van der Waals surface area contributed by atoms with E-state index in [1.54, 1.807) is 34.6 Å². The minimum atomic E-state index is -3.91. The van der Waals surface area contributed by atoms with Crippen LogP contribution in [-0.2, 0) is 29.1 Å². The van der Waals surface area contributed by atoms with Crippen molar-refractivity contribution in [3.63, 3.8) is 0 Å². The smallest absolute Gasteiger partial charge is 0.408 e. The molecule has 7 atom stereocenters. The third kappa shape index (κ3) is 8.29. The second-order valence-electron chi connectivity index (χ2n) is 14.2. The number of sulfonamides is 1. The Hall–Kier alpha value is -2.67. The predicted octanol–water partition coefficient (Wildman–Crippen LogP) is 2.36. The largest absolute Gasteiger partial charge is 0.444 e. The van der Waals surface area contributed by atoms with Crippen molar-refractivity contribution in [3.8, 4) is 0 Å². The Morgan fingerprint density at radius 3 is 2.30 bits per heavy atom. The first kappa shape index (κ1) is 34.8. The van der Waals surface area contributed by atoms with Gasteiger partial charge in [-0.15, -0.1) is 6.58 Å². The number of nitrogens with zero attached hydrogens (tertiary/aromatic N) is 1. The average Bonchev–Trinajstić information content (AvgIpc) is 3.74. The molecule has 3 rings (SSSR count). The van der Waals surface area contributed by atoms with Crippen molar-refractivity contribution < 1.29 is 37.4 Å². The molecule has 0 aromatic heterocycles. The monoisotopic (exact) mass is 626 g/mol. The number of rotatable bonds is 13. The fraction of sp³-hybridized carbons (Fsp3) is 0.800. The summed E-state index contributed by atoms with van der Waals surface area (Å²) >= 11 is 0. The van der Waals surface area contributed by atoms with Crippen molar-refractivity contribution in [2.75, 3.05) is 6.54 Å². The standard InChI is InChI=1S/C30H50N4O8S/c1-9-10-11-18(2)14-19(3)23(31-27(39)42-28(5,6)7)25(37)34-17-21(35)15-22(34)24(36)32-30(16-20(30)4)26(38)33-43(40,41)29(8)12-13-29/h9,18-23,35H,1,10-17H2,2-8H3,(H,31,39)(H,32,36)(H,33,38)/t18?,19-,20-,21-,22+,23+,30-/m1/s1. The highest BCUT2D eigenvalue weighted by molar-refractivity contribution is 7.91. The Labute approximate surface area is 255 Å². The van der Waals surface area contributed by atoms with Crippen LogP contribution in [0, 0.1) is 17.8 Å². The second kappa shape index (κ2) is 12.7. The Morgan fingerprint density at radius 2 is 1.79 bits per heavy atom. The van der Waals surface area contributed by atoms with Gasteiger partial charge in [0.15, 0.2) is 0 Å². The van der Waals surface area contributed by atoms with E-state index in [4.69, 9.17) is 4.74 Å². The van der Waals surface area contributed by atoms with Crippen molar-refractivity contribution in [1.29, 1.82) is 0 Å². The average molecular weight is 627 g/mol. The van der Waals surface area contributed by atoms with Crippen LogP contribution in [0.15, 0.2) is 12.7 Å². The number of allylic oxidation sites excluding steroid dienone is 1. The third-order valence-electron chi connectivity index (χ3n) is 8.90. The van der Waals surface area contributed by atoms with Crippen LogP contribution in [0.5, 0.6) is 0 Å². The molecule has 1 unspecified atom stereocenters. The summed E-state index contributed by atoms with van der Waals surface area (Å²) in [5, 5.41) is 15.9. The maximum absolute atomic E-state index is 14.0. The van der Waals surface area contributed by atoms with E-state index in [2.05, 4.69) is 28.9 Å². The molecule has 13 heteroatoms. The number of aliphatic hydroxyl groups is 1. The highest BCUT2D eigenvalue weighted by Gasteiger charge is 2.62. The lowest BCUT2D eigenvalue weighted by molar-refractivity contribution is -0.142. The van der Waals surface area contributed by atoms with Gasteiger partial charge in [0, 0.05) is 13.0 Å². The molecule has 0 aromatic carbocycles. The van der Waals surface area contributed by atoms with Crippen LogP contribution < -0.4 is 15.4 Å². The molecule has 1 heterocycles. The van der Waals surface area contributed by atoms with Gasteiger partial charge in [-0.2, -0.15) is 0 Å². The Kier molecular flexibility index (Phi) is 10.3. The molecule has 0 radical (unpaired) electrons. The van der Waals surface area contributed by atoms with Crippen LogP contribution in [0.25, 0.3) is 0 Å². The van der Waals surface area contributed by atoms with Gasteiger partial charge in [-0.3, -0.25) is 19.1 Å². The number of ether oxygens (including phenoxy) is 1. The number of hydrogen-bond donors (Lipinski definition) is 4. The summed E-state index contributed by atoms with van der Waals surface area (Å²) in [6, 6.07) is -2.16. The van der Waals surface area contributed by atoms with Gasteiger partial charge in [0.25, 0.3) is 5.91 Å². The van der Waals surface area contributed by atoms with E-state index in [1.165, 1.54) is 4.90 Å². The zero-order valence-electron chi connectivity index (χ0n) is 26.6. The number of likely N-dealkylation sites (tertiary alicyclic amines) is 1. The van der Waals surface area contributed by atoms with E-state index in [9.17, 15) is 32.7 Å². The van der Waals surface area contributed by atoms with Crippen LogP contribution >= 0.6 is 0 Å². The quantitative estimate of drug-likeness (QED) is 0.226. The normalized spacial score (nSPS) is 28.2. The summed E-state index contributed by atoms with van der Waals surface area (Å²) in [6.07, 6.45) is 3.38. The van der Waals surface area contributed by atoms with E-state index in [0.717, 1.165) is 12.8 Å². The minimum Gasteiger partial charge on any atom is -0.444 e. The molecule has 12 nitrogen and oxygen atoms in total. The molecule has 0 bridgehead atoms. The summed E-state index contributed by atoms with van der Waals surface area (Å²) in [7, 11) is -3.91. The number of alkyl carbamates (subject to hydrolysis) is 1. The zero-order valence-corrected chi connectivity index (χ0v) is 27.4. The van der Waals surface area contributed by atoms with Crippen LogP contribution in [0.3, 0.4) is 0 Å². The molecule has 2 saturated carbocycles. The van der Waals surface area contributed by atoms with E-state index >= 15 is 0 Å². The number of carbonyl (C=O) groups excluding carboxylic acids is 4. The maximum Gasteiger partial charge on any atom is 0.408 e. The number of nitrogens with one attached hydrogen (secondary N) is 3. The van der Waals surface area contributed by atoms with Crippen LogP contribution in [0.2, 0.25) is 0 Å². The maximum atomic E-state index is 14.0. The van der Waals surface area contributed by atoms with Crippen molar-refractivity contribution in [3.05, 3.63) is 12.7 Å². The van der Waals surface area contributed by atoms with Gasteiger partial charge >= 0.3 is 6.09 Å². The number of hydrogen-bond acceptors (Lipinski definition) is 8. The van der Waals surface area contributed by atoms with Gasteiger partial charge in [0.05, 0.1) is 10.9 Å². The lowest BCUT2D eigenvalue weighted by atomic mass is 9.88. The highest BCUT2D eigenvalue weighted by atomic mass is 32.2. The zero-order chi connectivity index (χ0) is 32.5. The van der Waals surface area contributed by atoms with Gasteiger partial charge in [-0.1, -0.05) is 26.8 Å². The fourth-order valence-electron chi connectivity index (χ4n) is 5.71. The van der Waals surface area contributed by atoms with Crippen molar-refractivity contribution in [1.82, 2.24) is 20.3 Å². The summed E-state index contributed by atoms with van der Waals surface area (Å²) in [4.78, 5) is 54.8. The van der Waals surface area contributed by atoms with Gasteiger partial charge in [0.1, 0.15) is 23.2 Å². The van der Waals surface area contributed by atoms with Crippen LogP contribution in [0.1, 0.15) is 93.4 Å². The molecule has 0 aromatic rings. The van der Waals surface area contributed by atoms with Gasteiger partial charge < -0.3 is 25.4 Å². The summed E-state index contributed by atoms with van der Waals surface area (Å²) < 4.78 is 32.0. The highest BCUT2D eigenvalue weighted by Crippen LogP contribution is 2.46. The minimum absolute atomic E-state index is 0.0662. The van der Waals surface area contributed by atoms with E-state index in [1.807, 2.05) is 13.0 Å². The Bertz CT molecular complexity index is 1210. The van der Waals surface area contributed by atoms with Crippen molar-refractivity contribution in [2.24, 2.45) is 17.8 Å². The summed E-state index contributed by atoms with van der Waals surface area (Å²) in [5.41, 5.74) is -2.23. The topological polar surface area (TPSA) is 171 Å². The van der Waals surface area contributed by atoms with Crippen molar-refractivity contribution >= 4 is 33.8 Å². The van der Waals surface area contributed by atoms with Crippen LogP contribution in [0.4, 0.5) is 4.79 Å². The predicted molar refractivity (Wildman–Crippen MR) is 161 cm³/mol. The first-order valence-electron chi connectivity index (χ1n) is 15.2. The first-order valence-corrected chi connectivity index (χ1v) is 16.7. The fourth-order valence-corrected chi connectivity index (χ4v) is 7.03. The lowest BCUT2D eigenvalue weighted by Gasteiger charge is -2.33. The summed E-state index contributed by atoms with van der Waals surface area (Å²) in [5.74, 6) is -2.45. The molecule has 3 aliphatic rings. The van der Waals surface area contributed by atoms with Crippen LogP contribution in [-0.4, -0.2) is 82.9 Å². The number of β-amino-alcohol motifs (C(OH)–C–C–N with tert-alkyl or cyclic N) is 1. The van der Waals surface area contributed by atoms with E-state index in [-0.39, 0.29) is 37.1 Å². The molecule has 1 aliphatic heterocycles. The molecular formula is C30H50N4O8S. The molecule has 244 valence electrons. The second-order valence-corrected chi connectivity index (χ2v) is 16.4. The molecule has 43 heavy (non-hydrogen) atoms.